The van der Waals surface area contributed by atoms with Crippen molar-refractivity contribution in [2.24, 2.45) is 0 Å². The molecule has 0 aliphatic carbocycles. The van der Waals surface area contributed by atoms with Crippen LogP contribution in [-0.2, 0) is 4.74 Å². The van der Waals surface area contributed by atoms with E-state index in [0.29, 0.717) is 5.69 Å². The molecule has 1 aromatic heterocycles. The molecule has 5 nitrogen and oxygen atoms in total. The van der Waals surface area contributed by atoms with E-state index in [-0.39, 0.29) is 12.2 Å². The van der Waals surface area contributed by atoms with Crippen molar-refractivity contribution in [2.75, 3.05) is 13.7 Å². The number of nitrogens with one attached hydrogen (secondary N) is 1. The van der Waals surface area contributed by atoms with Crippen LogP contribution in [0.5, 0.6) is 5.75 Å². The van der Waals surface area contributed by atoms with E-state index in [9.17, 15) is 18.0 Å². The first-order valence-electron chi connectivity index (χ1n) is 6.95. The SMILES string of the molecule is COC[C@@H](NC(=O)c1cccc(OC(F)(F)F)c1)c1ccccn1. The highest BCUT2D eigenvalue weighted by molar-refractivity contribution is 5.94. The maximum absolute atomic E-state index is 12.3. The number of alkyl halides is 3. The van der Waals surface area contributed by atoms with Gasteiger partial charge in [0, 0.05) is 18.9 Å². The Morgan fingerprint density at radius 3 is 2.67 bits per heavy atom. The fourth-order valence-electron chi connectivity index (χ4n) is 2.03. The average Bonchev–Trinajstić information content (AvgIpc) is 2.54. The molecule has 0 aliphatic heterocycles. The smallest absolute Gasteiger partial charge is 0.406 e. The third kappa shape index (κ3) is 5.24. The van der Waals surface area contributed by atoms with E-state index < -0.39 is 24.1 Å². The first-order chi connectivity index (χ1) is 11.4. The van der Waals surface area contributed by atoms with Gasteiger partial charge in [-0.2, -0.15) is 0 Å². The minimum absolute atomic E-state index is 0.0359. The number of nitrogens with zero attached hydrogens (tertiary/aromatic N) is 1. The highest BCUT2D eigenvalue weighted by Crippen LogP contribution is 2.23. The van der Waals surface area contributed by atoms with Gasteiger partial charge in [-0.15, -0.1) is 13.2 Å². The van der Waals surface area contributed by atoms with Crippen molar-refractivity contribution in [3.8, 4) is 5.75 Å². The Bertz CT molecular complexity index is 678. The van der Waals surface area contributed by atoms with Crippen molar-refractivity contribution < 1.29 is 27.4 Å². The van der Waals surface area contributed by atoms with Crippen LogP contribution in [0, 0.1) is 0 Å². The lowest BCUT2D eigenvalue weighted by Gasteiger charge is -2.17. The molecule has 128 valence electrons. The first kappa shape index (κ1) is 17.7. The van der Waals surface area contributed by atoms with E-state index in [1.165, 1.54) is 19.2 Å². The molecule has 1 amide bonds. The molecule has 0 radical (unpaired) electrons. The summed E-state index contributed by atoms with van der Waals surface area (Å²) in [6, 6.07) is 9.51. The quantitative estimate of drug-likeness (QED) is 0.878. The second-order valence-corrected chi connectivity index (χ2v) is 4.81. The van der Waals surface area contributed by atoms with E-state index in [2.05, 4.69) is 15.0 Å². The van der Waals surface area contributed by atoms with Crippen molar-refractivity contribution in [1.82, 2.24) is 10.3 Å². The van der Waals surface area contributed by atoms with E-state index in [4.69, 9.17) is 4.74 Å². The summed E-state index contributed by atoms with van der Waals surface area (Å²) in [5, 5.41) is 2.68. The van der Waals surface area contributed by atoms with Crippen LogP contribution in [0.3, 0.4) is 0 Å². The zero-order valence-corrected chi connectivity index (χ0v) is 12.7. The van der Waals surface area contributed by atoms with Gasteiger partial charge in [0.1, 0.15) is 5.75 Å². The van der Waals surface area contributed by atoms with Gasteiger partial charge >= 0.3 is 6.36 Å². The molecule has 0 bridgehead atoms. The third-order valence-electron chi connectivity index (χ3n) is 3.01. The molecule has 0 aliphatic rings. The van der Waals surface area contributed by atoms with Crippen molar-refractivity contribution >= 4 is 5.91 Å². The van der Waals surface area contributed by atoms with Gasteiger partial charge in [-0.25, -0.2) is 0 Å². The summed E-state index contributed by atoms with van der Waals surface area (Å²) in [5.41, 5.74) is 0.615. The molecule has 1 atom stereocenters. The zero-order chi connectivity index (χ0) is 17.6. The molecule has 0 unspecified atom stereocenters. The van der Waals surface area contributed by atoms with Gasteiger partial charge in [-0.3, -0.25) is 9.78 Å². The molecule has 2 aromatic rings. The highest BCUT2D eigenvalue weighted by atomic mass is 19.4. The molecular formula is C16H15F3N2O3. The number of pyridine rings is 1. The summed E-state index contributed by atoms with van der Waals surface area (Å²) in [7, 11) is 1.47. The van der Waals surface area contributed by atoms with E-state index >= 15 is 0 Å². The largest absolute Gasteiger partial charge is 0.573 e. The number of carbonyl (C=O) groups is 1. The number of ether oxygens (including phenoxy) is 2. The summed E-state index contributed by atoms with van der Waals surface area (Å²) in [6.07, 6.45) is -3.25. The third-order valence-corrected chi connectivity index (χ3v) is 3.01. The van der Waals surface area contributed by atoms with Crippen molar-refractivity contribution in [3.05, 3.63) is 59.9 Å². The number of hydrogen-bond donors (Lipinski definition) is 1. The molecule has 8 heteroatoms. The highest BCUT2D eigenvalue weighted by Gasteiger charge is 2.31. The van der Waals surface area contributed by atoms with Crippen LogP contribution in [0.15, 0.2) is 48.7 Å². The lowest BCUT2D eigenvalue weighted by Crippen LogP contribution is -2.32. The van der Waals surface area contributed by atoms with Crippen LogP contribution in [0.25, 0.3) is 0 Å². The van der Waals surface area contributed by atoms with Crippen LogP contribution in [0.4, 0.5) is 13.2 Å². The fourth-order valence-corrected chi connectivity index (χ4v) is 2.03. The summed E-state index contributed by atoms with van der Waals surface area (Å²) in [5.74, 6) is -1.02. The van der Waals surface area contributed by atoms with Crippen molar-refractivity contribution in [3.63, 3.8) is 0 Å². The van der Waals surface area contributed by atoms with Crippen molar-refractivity contribution in [1.29, 1.82) is 0 Å². The zero-order valence-electron chi connectivity index (χ0n) is 12.7. The van der Waals surface area contributed by atoms with E-state index in [1.54, 1.807) is 24.4 Å². The molecule has 1 aromatic carbocycles. The number of aromatic nitrogens is 1. The van der Waals surface area contributed by atoms with Crippen LogP contribution in [0.2, 0.25) is 0 Å². The minimum Gasteiger partial charge on any atom is -0.406 e. The molecule has 24 heavy (non-hydrogen) atoms. The van der Waals surface area contributed by atoms with E-state index in [0.717, 1.165) is 12.1 Å². The fraction of sp³-hybridized carbons (Fsp3) is 0.250. The van der Waals surface area contributed by atoms with Gasteiger partial charge in [0.25, 0.3) is 5.91 Å². The van der Waals surface area contributed by atoms with Crippen molar-refractivity contribution in [2.45, 2.75) is 12.4 Å². The molecule has 0 spiro atoms. The number of rotatable bonds is 6. The predicted octanol–water partition coefficient (Wildman–Crippen LogP) is 3.10. The normalized spacial score (nSPS) is 12.5. The van der Waals surface area contributed by atoms with Gasteiger partial charge < -0.3 is 14.8 Å². The Kier molecular flexibility index (Phi) is 5.75. The standard InChI is InChI=1S/C16H15F3N2O3/c1-23-10-14(13-7-2-3-8-20-13)21-15(22)11-5-4-6-12(9-11)24-16(17,18)19/h2-9,14H,10H2,1H3,(H,21,22)/t14-/m1/s1. The molecule has 1 heterocycles. The van der Waals surface area contributed by atoms with Crippen LogP contribution >= 0.6 is 0 Å². The number of amides is 1. The number of benzene rings is 1. The number of hydrogen-bond acceptors (Lipinski definition) is 4. The second-order valence-electron chi connectivity index (χ2n) is 4.81. The monoisotopic (exact) mass is 340 g/mol. The Labute approximate surface area is 136 Å². The first-order valence-corrected chi connectivity index (χ1v) is 6.95. The number of methoxy groups -OCH3 is 1. The van der Waals surface area contributed by atoms with Gasteiger partial charge in [0.15, 0.2) is 0 Å². The van der Waals surface area contributed by atoms with Gasteiger partial charge in [0.05, 0.1) is 18.3 Å². The predicted molar refractivity (Wildman–Crippen MR) is 79.4 cm³/mol. The van der Waals surface area contributed by atoms with Gasteiger partial charge in [-0.1, -0.05) is 12.1 Å². The van der Waals surface area contributed by atoms with Crippen LogP contribution < -0.4 is 10.1 Å². The van der Waals surface area contributed by atoms with Gasteiger partial charge in [-0.05, 0) is 30.3 Å². The summed E-state index contributed by atoms with van der Waals surface area (Å²) < 4.78 is 45.6. The average molecular weight is 340 g/mol. The summed E-state index contributed by atoms with van der Waals surface area (Å²) in [6.45, 7) is 0.168. The van der Waals surface area contributed by atoms with Gasteiger partial charge in [0.2, 0.25) is 0 Å². The number of carbonyl (C=O) groups excluding carboxylic acids is 1. The minimum atomic E-state index is -4.82. The Balaban J connectivity index is 2.14. The summed E-state index contributed by atoms with van der Waals surface area (Å²) >= 11 is 0. The number of halogens is 3. The topological polar surface area (TPSA) is 60.5 Å². The molecule has 0 saturated carbocycles. The molecule has 0 fully saturated rings. The Morgan fingerprint density at radius 1 is 1.25 bits per heavy atom. The summed E-state index contributed by atoms with van der Waals surface area (Å²) in [4.78, 5) is 16.4. The van der Waals surface area contributed by atoms with Crippen LogP contribution in [-0.4, -0.2) is 31.0 Å². The second kappa shape index (κ2) is 7.78. The molecule has 2 rings (SSSR count). The maximum atomic E-state index is 12.3. The molecule has 1 N–H and O–H groups in total. The lowest BCUT2D eigenvalue weighted by atomic mass is 10.1. The lowest BCUT2D eigenvalue weighted by molar-refractivity contribution is -0.274. The Morgan fingerprint density at radius 2 is 2.04 bits per heavy atom. The molecular weight excluding hydrogens is 325 g/mol. The van der Waals surface area contributed by atoms with E-state index in [1.807, 2.05) is 0 Å². The maximum Gasteiger partial charge on any atom is 0.573 e. The molecule has 0 saturated heterocycles. The van der Waals surface area contributed by atoms with Crippen LogP contribution in [0.1, 0.15) is 22.1 Å². The Hall–Kier alpha value is -2.61.